The first-order chi connectivity index (χ1) is 4.46. The van der Waals surface area contributed by atoms with Crippen molar-refractivity contribution >= 4 is 58.7 Å². The zero-order chi connectivity index (χ0) is 7.94. The van der Waals surface area contributed by atoms with Crippen LogP contribution in [0.3, 0.4) is 0 Å². The standard InChI is InChI=1S/C3H4BF3O3.K.H/c5-1-2(3(1,6)7)10-4(8)9;;/h1-2,8-9H;;. The maximum absolute atomic E-state index is 11.8. The Morgan fingerprint density at radius 1 is 1.36 bits per heavy atom. The molecule has 1 aliphatic carbocycles. The zero-order valence-corrected chi connectivity index (χ0v) is 4.67. The van der Waals surface area contributed by atoms with E-state index in [4.69, 9.17) is 10.0 Å². The van der Waals surface area contributed by atoms with Gasteiger partial charge in [0.05, 0.1) is 0 Å². The van der Waals surface area contributed by atoms with Crippen molar-refractivity contribution in [3.05, 3.63) is 0 Å². The first-order valence-corrected chi connectivity index (χ1v) is 2.49. The van der Waals surface area contributed by atoms with Crippen molar-refractivity contribution in [2.75, 3.05) is 0 Å². The van der Waals surface area contributed by atoms with Crippen molar-refractivity contribution in [2.45, 2.75) is 18.2 Å². The van der Waals surface area contributed by atoms with Crippen LogP contribution in [0.2, 0.25) is 0 Å². The van der Waals surface area contributed by atoms with Crippen molar-refractivity contribution in [3.63, 3.8) is 0 Å². The van der Waals surface area contributed by atoms with Crippen LogP contribution in [-0.2, 0) is 4.65 Å². The molecule has 0 aromatic rings. The van der Waals surface area contributed by atoms with E-state index in [2.05, 4.69) is 4.65 Å². The van der Waals surface area contributed by atoms with E-state index in [9.17, 15) is 13.2 Å². The maximum atomic E-state index is 11.8. The van der Waals surface area contributed by atoms with E-state index in [1.165, 1.54) is 0 Å². The molecule has 2 N–H and O–H groups in total. The van der Waals surface area contributed by atoms with Gasteiger partial charge in [-0.05, 0) is 0 Å². The number of halogens is 3. The molecule has 11 heavy (non-hydrogen) atoms. The molecule has 0 radical (unpaired) electrons. The minimum absolute atomic E-state index is 0. The van der Waals surface area contributed by atoms with Gasteiger partial charge in [-0.15, -0.1) is 0 Å². The van der Waals surface area contributed by atoms with Gasteiger partial charge in [-0.3, -0.25) is 0 Å². The molecular weight excluding hydrogens is 191 g/mol. The second-order valence-corrected chi connectivity index (χ2v) is 1.96. The van der Waals surface area contributed by atoms with Gasteiger partial charge in [0.15, 0.2) is 6.17 Å². The van der Waals surface area contributed by atoms with Crippen molar-refractivity contribution in [1.82, 2.24) is 0 Å². The fourth-order valence-corrected chi connectivity index (χ4v) is 0.554. The van der Waals surface area contributed by atoms with Crippen LogP contribution in [0.25, 0.3) is 0 Å². The molecule has 0 saturated heterocycles. The van der Waals surface area contributed by atoms with E-state index >= 15 is 0 Å². The summed E-state index contributed by atoms with van der Waals surface area (Å²) in [7, 11) is -2.34. The van der Waals surface area contributed by atoms with E-state index in [0.29, 0.717) is 0 Å². The Kier molecular flexibility index (Phi) is 4.56. The van der Waals surface area contributed by atoms with Gasteiger partial charge in [-0.2, -0.15) is 0 Å². The Labute approximate surface area is 104 Å². The second kappa shape index (κ2) is 4.05. The second-order valence-electron chi connectivity index (χ2n) is 1.96. The van der Waals surface area contributed by atoms with Crippen LogP contribution in [0.1, 0.15) is 0 Å². The van der Waals surface area contributed by atoms with Crippen LogP contribution in [-0.4, -0.2) is 87.0 Å². The molecule has 60 valence electrons. The van der Waals surface area contributed by atoms with Gasteiger partial charge in [0.25, 0.3) is 0 Å². The van der Waals surface area contributed by atoms with Crippen LogP contribution >= 0.6 is 0 Å². The van der Waals surface area contributed by atoms with Crippen LogP contribution in [0.15, 0.2) is 0 Å². The summed E-state index contributed by atoms with van der Waals surface area (Å²) in [6.07, 6.45) is -4.40. The summed E-state index contributed by atoms with van der Waals surface area (Å²) in [5.41, 5.74) is 0. The molecule has 1 aliphatic rings. The summed E-state index contributed by atoms with van der Waals surface area (Å²) in [4.78, 5) is 0. The molecule has 0 spiro atoms. The summed E-state index contributed by atoms with van der Waals surface area (Å²) < 4.78 is 39.1. The van der Waals surface area contributed by atoms with Crippen LogP contribution in [0.5, 0.6) is 0 Å². The summed E-state index contributed by atoms with van der Waals surface area (Å²) >= 11 is 0. The average molecular weight is 196 g/mol. The first-order valence-electron chi connectivity index (χ1n) is 2.49. The molecule has 0 aromatic carbocycles. The molecule has 0 heterocycles. The Balaban J connectivity index is 0.000001000. The van der Waals surface area contributed by atoms with E-state index < -0.39 is 25.5 Å². The van der Waals surface area contributed by atoms with E-state index in [0.717, 1.165) is 0 Å². The van der Waals surface area contributed by atoms with Crippen molar-refractivity contribution in [1.29, 1.82) is 0 Å². The summed E-state index contributed by atoms with van der Waals surface area (Å²) in [6.45, 7) is 0. The Morgan fingerprint density at radius 2 is 1.73 bits per heavy atom. The number of rotatable bonds is 2. The van der Waals surface area contributed by atoms with Crippen molar-refractivity contribution < 1.29 is 27.9 Å². The quantitative estimate of drug-likeness (QED) is 0.538. The third kappa shape index (κ3) is 2.66. The average Bonchev–Trinajstić information content (AvgIpc) is 2.17. The van der Waals surface area contributed by atoms with Crippen LogP contribution < -0.4 is 0 Å². The minimum atomic E-state index is -3.55. The molecule has 0 aliphatic heterocycles. The fourth-order valence-electron chi connectivity index (χ4n) is 0.554. The molecule has 1 rings (SSSR count). The van der Waals surface area contributed by atoms with Gasteiger partial charge in [0.1, 0.15) is 6.10 Å². The zero-order valence-electron chi connectivity index (χ0n) is 4.67. The molecule has 0 aromatic heterocycles. The van der Waals surface area contributed by atoms with E-state index in [1.54, 1.807) is 0 Å². The van der Waals surface area contributed by atoms with Crippen molar-refractivity contribution in [2.24, 2.45) is 0 Å². The van der Waals surface area contributed by atoms with Gasteiger partial charge in [-0.25, -0.2) is 13.2 Å². The summed E-state index contributed by atoms with van der Waals surface area (Å²) in [5.74, 6) is -3.55. The molecule has 2 unspecified atom stereocenters. The number of hydrogen-bond donors (Lipinski definition) is 2. The van der Waals surface area contributed by atoms with E-state index in [-0.39, 0.29) is 51.4 Å². The molecule has 0 bridgehead atoms. The Morgan fingerprint density at radius 3 is 1.82 bits per heavy atom. The predicted molar refractivity (Wildman–Crippen MR) is 32.1 cm³/mol. The normalized spacial score (nSPS) is 32.5. The fraction of sp³-hybridized carbons (Fsp3) is 1.00. The summed E-state index contributed by atoms with van der Waals surface area (Å²) in [6, 6.07) is 0. The molecule has 2 atom stereocenters. The molecule has 1 fully saturated rings. The van der Waals surface area contributed by atoms with Gasteiger partial charge in [-0.1, -0.05) is 0 Å². The molecule has 8 heteroatoms. The SMILES string of the molecule is OB(O)OC1C(F)C1(F)F.[KH]. The Bertz CT molecular complexity index is 146. The molecule has 3 nitrogen and oxygen atoms in total. The topological polar surface area (TPSA) is 49.7 Å². The summed E-state index contributed by atoms with van der Waals surface area (Å²) in [5, 5.41) is 15.9. The van der Waals surface area contributed by atoms with Gasteiger partial charge in [0.2, 0.25) is 0 Å². The molecular formula is C3H5BF3KO3. The van der Waals surface area contributed by atoms with Crippen molar-refractivity contribution in [3.8, 4) is 0 Å². The third-order valence-electron chi connectivity index (χ3n) is 1.17. The molecule has 1 saturated carbocycles. The van der Waals surface area contributed by atoms with Gasteiger partial charge < -0.3 is 14.7 Å². The van der Waals surface area contributed by atoms with Crippen LogP contribution in [0, 0.1) is 0 Å². The van der Waals surface area contributed by atoms with Gasteiger partial charge in [0, 0.05) is 0 Å². The number of hydrogen-bond acceptors (Lipinski definition) is 3. The predicted octanol–water partition coefficient (Wildman–Crippen LogP) is -1.32. The van der Waals surface area contributed by atoms with E-state index in [1.807, 2.05) is 0 Å². The first kappa shape index (κ1) is 12.4. The van der Waals surface area contributed by atoms with Gasteiger partial charge >= 0.3 is 64.6 Å². The Hall–Kier alpha value is 1.37. The van der Waals surface area contributed by atoms with Crippen LogP contribution in [0.4, 0.5) is 13.2 Å². The molecule has 0 amide bonds. The third-order valence-corrected chi connectivity index (χ3v) is 1.17. The number of alkyl halides is 3. The monoisotopic (exact) mass is 196 g/mol.